The number of ether oxygens (including phenoxy) is 2. The molecule has 0 saturated carbocycles. The molecule has 0 amide bonds. The Kier molecular flexibility index (Phi) is 6.48. The Morgan fingerprint density at radius 1 is 1.25 bits per heavy atom. The fourth-order valence-electron chi connectivity index (χ4n) is 1.21. The van der Waals surface area contributed by atoms with E-state index in [1.165, 1.54) is 0 Å². The van der Waals surface area contributed by atoms with Gasteiger partial charge in [-0.2, -0.15) is 0 Å². The van der Waals surface area contributed by atoms with Crippen LogP contribution in [-0.2, 0) is 4.74 Å². The summed E-state index contributed by atoms with van der Waals surface area (Å²) >= 11 is 5.52. The van der Waals surface area contributed by atoms with Crippen LogP contribution in [0.5, 0.6) is 5.75 Å². The Balaban J connectivity index is 2.57. The van der Waals surface area contributed by atoms with Crippen molar-refractivity contribution in [2.24, 2.45) is 0 Å². The molecule has 1 rings (SSSR count). The summed E-state index contributed by atoms with van der Waals surface area (Å²) in [6.45, 7) is 1.34. The summed E-state index contributed by atoms with van der Waals surface area (Å²) in [5, 5.41) is 0. The Morgan fingerprint density at radius 2 is 2.06 bits per heavy atom. The predicted molar refractivity (Wildman–Crippen MR) is 66.0 cm³/mol. The van der Waals surface area contributed by atoms with E-state index in [2.05, 4.69) is 11.8 Å². The number of rotatable bonds is 5. The summed E-state index contributed by atoms with van der Waals surface area (Å²) in [6, 6.07) is 7.69. The molecular weight excluding hydrogens is 224 g/mol. The molecular formula is C13H15ClO2. The summed E-state index contributed by atoms with van der Waals surface area (Å²) < 4.78 is 10.6. The summed E-state index contributed by atoms with van der Waals surface area (Å²) in [7, 11) is 1.68. The largest absolute Gasteiger partial charge is 0.492 e. The maximum atomic E-state index is 5.61. The molecule has 0 heterocycles. The summed E-state index contributed by atoms with van der Waals surface area (Å²) in [4.78, 5) is 0. The molecule has 1 aromatic carbocycles. The molecule has 16 heavy (non-hydrogen) atoms. The van der Waals surface area contributed by atoms with Crippen LogP contribution >= 0.6 is 11.6 Å². The second-order valence-electron chi connectivity index (χ2n) is 3.13. The van der Waals surface area contributed by atoms with Gasteiger partial charge < -0.3 is 9.47 Å². The highest BCUT2D eigenvalue weighted by Gasteiger charge is 1.99. The number of para-hydroxylation sites is 1. The summed E-state index contributed by atoms with van der Waals surface area (Å²) in [6.07, 6.45) is 0.869. The van der Waals surface area contributed by atoms with Gasteiger partial charge in [-0.05, 0) is 12.1 Å². The summed E-state index contributed by atoms with van der Waals surface area (Å²) in [5.41, 5.74) is 0.876. The first-order chi connectivity index (χ1) is 7.88. The summed E-state index contributed by atoms with van der Waals surface area (Å²) in [5.74, 6) is 6.92. The van der Waals surface area contributed by atoms with Crippen molar-refractivity contribution < 1.29 is 9.47 Å². The van der Waals surface area contributed by atoms with Crippen molar-refractivity contribution >= 4 is 11.6 Å². The first-order valence-electron chi connectivity index (χ1n) is 5.14. The van der Waals surface area contributed by atoms with Gasteiger partial charge in [0, 0.05) is 20.1 Å². The van der Waals surface area contributed by atoms with Gasteiger partial charge in [-0.25, -0.2) is 0 Å². The van der Waals surface area contributed by atoms with E-state index in [9.17, 15) is 0 Å². The van der Waals surface area contributed by atoms with Gasteiger partial charge in [-0.3, -0.25) is 0 Å². The van der Waals surface area contributed by atoms with E-state index in [4.69, 9.17) is 21.1 Å². The van der Waals surface area contributed by atoms with E-state index in [1.54, 1.807) is 7.11 Å². The van der Waals surface area contributed by atoms with Crippen LogP contribution < -0.4 is 4.74 Å². The van der Waals surface area contributed by atoms with Gasteiger partial charge in [0.2, 0.25) is 0 Å². The highest BCUT2D eigenvalue weighted by Crippen LogP contribution is 2.16. The zero-order valence-electron chi connectivity index (χ0n) is 9.33. The second-order valence-corrected chi connectivity index (χ2v) is 3.39. The lowest BCUT2D eigenvalue weighted by molar-refractivity contribution is 0.172. The lowest BCUT2D eigenvalue weighted by Gasteiger charge is -2.07. The third-order valence-corrected chi connectivity index (χ3v) is 2.06. The first kappa shape index (κ1) is 12.9. The SMILES string of the molecule is COCCCOc1ccccc1C#CCCl. The molecule has 0 spiro atoms. The minimum Gasteiger partial charge on any atom is -0.492 e. The van der Waals surface area contributed by atoms with Crippen LogP contribution in [0.3, 0.4) is 0 Å². The Morgan fingerprint density at radius 3 is 2.81 bits per heavy atom. The standard InChI is InChI=1S/C13H15ClO2/c1-15-10-5-11-16-13-8-3-2-6-12(13)7-4-9-14/h2-3,6,8H,5,9-11H2,1H3. The Labute approximate surface area is 102 Å². The molecule has 0 aliphatic rings. The number of methoxy groups -OCH3 is 1. The Bertz CT molecular complexity index is 366. The molecule has 0 saturated heterocycles. The van der Waals surface area contributed by atoms with Crippen molar-refractivity contribution in [2.45, 2.75) is 6.42 Å². The lowest BCUT2D eigenvalue weighted by atomic mass is 10.2. The van der Waals surface area contributed by atoms with Gasteiger partial charge in [0.15, 0.2) is 0 Å². The smallest absolute Gasteiger partial charge is 0.134 e. The van der Waals surface area contributed by atoms with Crippen molar-refractivity contribution in [1.29, 1.82) is 0 Å². The molecule has 2 nitrogen and oxygen atoms in total. The molecule has 0 bridgehead atoms. The van der Waals surface area contributed by atoms with E-state index in [-0.39, 0.29) is 0 Å². The van der Waals surface area contributed by atoms with Gasteiger partial charge in [-0.15, -0.1) is 11.6 Å². The fourth-order valence-corrected chi connectivity index (χ4v) is 1.28. The molecule has 1 aromatic rings. The normalized spacial score (nSPS) is 9.38. The van der Waals surface area contributed by atoms with Crippen LogP contribution in [0.2, 0.25) is 0 Å². The molecule has 0 unspecified atom stereocenters. The average Bonchev–Trinajstić information content (AvgIpc) is 2.33. The monoisotopic (exact) mass is 238 g/mol. The van der Waals surface area contributed by atoms with Gasteiger partial charge in [0.1, 0.15) is 5.75 Å². The minimum atomic E-state index is 0.331. The molecule has 0 atom stereocenters. The maximum Gasteiger partial charge on any atom is 0.134 e. The van der Waals surface area contributed by atoms with Crippen molar-refractivity contribution in [2.75, 3.05) is 26.2 Å². The van der Waals surface area contributed by atoms with Crippen LogP contribution in [0.15, 0.2) is 24.3 Å². The topological polar surface area (TPSA) is 18.5 Å². The van der Waals surface area contributed by atoms with Crippen LogP contribution in [0.25, 0.3) is 0 Å². The van der Waals surface area contributed by atoms with Gasteiger partial charge >= 0.3 is 0 Å². The number of alkyl halides is 1. The van der Waals surface area contributed by atoms with Crippen LogP contribution in [0.1, 0.15) is 12.0 Å². The minimum absolute atomic E-state index is 0.331. The maximum absolute atomic E-state index is 5.61. The fraction of sp³-hybridized carbons (Fsp3) is 0.385. The third-order valence-electron chi connectivity index (χ3n) is 1.93. The number of halogens is 1. The van der Waals surface area contributed by atoms with Crippen LogP contribution in [0.4, 0.5) is 0 Å². The first-order valence-corrected chi connectivity index (χ1v) is 5.67. The number of hydrogen-bond donors (Lipinski definition) is 0. The highest BCUT2D eigenvalue weighted by atomic mass is 35.5. The number of benzene rings is 1. The van der Waals surface area contributed by atoms with Crippen LogP contribution in [0, 0.1) is 11.8 Å². The van der Waals surface area contributed by atoms with Crippen molar-refractivity contribution in [1.82, 2.24) is 0 Å². The number of hydrogen-bond acceptors (Lipinski definition) is 2. The third kappa shape index (κ3) is 4.57. The highest BCUT2D eigenvalue weighted by molar-refractivity contribution is 6.19. The van der Waals surface area contributed by atoms with Crippen LogP contribution in [-0.4, -0.2) is 26.2 Å². The molecule has 86 valence electrons. The average molecular weight is 239 g/mol. The lowest BCUT2D eigenvalue weighted by Crippen LogP contribution is -2.02. The predicted octanol–water partition coefficient (Wildman–Crippen LogP) is 2.69. The van der Waals surface area contributed by atoms with Crippen molar-refractivity contribution in [3.8, 4) is 17.6 Å². The molecule has 0 aliphatic carbocycles. The molecule has 0 aromatic heterocycles. The second kappa shape index (κ2) is 8.04. The van der Waals surface area contributed by atoms with E-state index >= 15 is 0 Å². The van der Waals surface area contributed by atoms with E-state index < -0.39 is 0 Å². The Hall–Kier alpha value is -1.17. The van der Waals surface area contributed by atoms with Gasteiger partial charge in [0.05, 0.1) is 18.1 Å². The van der Waals surface area contributed by atoms with E-state index in [0.717, 1.165) is 17.7 Å². The van der Waals surface area contributed by atoms with E-state index in [0.29, 0.717) is 19.1 Å². The van der Waals surface area contributed by atoms with Crippen molar-refractivity contribution in [3.63, 3.8) is 0 Å². The molecule has 0 aliphatic heterocycles. The van der Waals surface area contributed by atoms with Gasteiger partial charge in [-0.1, -0.05) is 24.0 Å². The van der Waals surface area contributed by atoms with E-state index in [1.807, 2.05) is 24.3 Å². The quantitative estimate of drug-likeness (QED) is 0.446. The van der Waals surface area contributed by atoms with Crippen molar-refractivity contribution in [3.05, 3.63) is 29.8 Å². The van der Waals surface area contributed by atoms with Gasteiger partial charge in [0.25, 0.3) is 0 Å². The molecule has 0 radical (unpaired) electrons. The zero-order chi connectivity index (χ0) is 11.6. The zero-order valence-corrected chi connectivity index (χ0v) is 10.1. The molecule has 0 fully saturated rings. The molecule has 0 N–H and O–H groups in total. The molecule has 3 heteroatoms.